The number of amides is 5. The highest BCUT2D eigenvalue weighted by Crippen LogP contribution is 2.49. The van der Waals surface area contributed by atoms with Gasteiger partial charge in [0.25, 0.3) is 5.91 Å². The molecule has 3 heterocycles. The minimum Gasteiger partial charge on any atom is -0.449 e. The van der Waals surface area contributed by atoms with E-state index in [0.29, 0.717) is 107 Å². The van der Waals surface area contributed by atoms with Crippen molar-refractivity contribution in [1.82, 2.24) is 29.8 Å². The molecule has 0 unspecified atom stereocenters. The Bertz CT molecular complexity index is 3670. The summed E-state index contributed by atoms with van der Waals surface area (Å²) in [7, 11) is 3.57. The molecule has 4 aliphatic rings. The lowest BCUT2D eigenvalue weighted by Gasteiger charge is -2.44. The summed E-state index contributed by atoms with van der Waals surface area (Å²) in [6.07, 6.45) is -3.86. The zero-order chi connectivity index (χ0) is 70.2. The quantitative estimate of drug-likeness (QED) is 0.0314. The Labute approximate surface area is 609 Å². The number of alkyl halides is 6. The van der Waals surface area contributed by atoms with E-state index in [1.54, 1.807) is 16.8 Å². The fraction of sp³-hybridized carbons (Fsp3) is 0.453. The van der Waals surface area contributed by atoms with Crippen LogP contribution in [0, 0.1) is 5.82 Å². The fourth-order valence-corrected chi connectivity index (χ4v) is 13.7. The molecule has 1 spiro atoms. The van der Waals surface area contributed by atoms with E-state index in [9.17, 15) is 54.7 Å². The van der Waals surface area contributed by atoms with Gasteiger partial charge >= 0.3 is 24.5 Å². The van der Waals surface area contributed by atoms with Crippen molar-refractivity contribution in [2.45, 2.75) is 119 Å². The van der Waals surface area contributed by atoms with Crippen molar-refractivity contribution in [3.63, 3.8) is 0 Å². The van der Waals surface area contributed by atoms with Gasteiger partial charge in [-0.2, -0.15) is 26.3 Å². The second-order valence-electron chi connectivity index (χ2n) is 26.2. The maximum atomic E-state index is 14.2. The summed E-state index contributed by atoms with van der Waals surface area (Å²) >= 11 is 0. The zero-order valence-electron chi connectivity index (χ0n) is 57.2. The molecule has 2 atom stereocenters. The summed E-state index contributed by atoms with van der Waals surface area (Å²) in [5.41, 5.74) is 1.41. The molecule has 1 aliphatic carbocycles. The molecule has 0 saturated carbocycles. The van der Waals surface area contributed by atoms with Crippen molar-refractivity contribution in [3.8, 4) is 11.1 Å². The molecule has 10 rings (SSSR count). The van der Waals surface area contributed by atoms with Crippen molar-refractivity contribution < 1.29 is 73.7 Å². The first-order valence-electron chi connectivity index (χ1n) is 34.0. The van der Waals surface area contributed by atoms with Gasteiger partial charge in [0.05, 0.1) is 36.1 Å². The molecule has 0 radical (unpaired) electrons. The predicted octanol–water partition coefficient (Wildman–Crippen LogP) is 14.8. The van der Waals surface area contributed by atoms with Crippen molar-refractivity contribution in [2.75, 3.05) is 110 Å². The van der Waals surface area contributed by atoms with Crippen molar-refractivity contribution in [1.29, 1.82) is 0 Å². The Morgan fingerprint density at radius 2 is 1.30 bits per heavy atom. The molecule has 0 aromatic heterocycles. The molecule has 102 heavy (non-hydrogen) atoms. The predicted molar refractivity (Wildman–Crippen MR) is 383 cm³/mol. The summed E-state index contributed by atoms with van der Waals surface area (Å²) in [6, 6.07) is 39.4. The Balaban J connectivity index is 0.00000486. The lowest BCUT2D eigenvalue weighted by atomic mass is 9.72. The van der Waals surface area contributed by atoms with Crippen LogP contribution >= 0.6 is 37.2 Å². The minimum absolute atomic E-state index is 0. The number of likely N-dealkylation sites (N-methyl/N-ethyl adjacent to an activating group) is 2. The van der Waals surface area contributed by atoms with Crippen LogP contribution in [0.5, 0.6) is 0 Å². The third kappa shape index (κ3) is 22.0. The number of piperidine rings is 2. The fourth-order valence-electron chi connectivity index (χ4n) is 13.7. The summed E-state index contributed by atoms with van der Waals surface area (Å²) in [6.45, 7) is 5.87. The molecule has 6 aromatic carbocycles. The molecular weight excluding hydrogens is 1400 g/mol. The van der Waals surface area contributed by atoms with Gasteiger partial charge in [-0.1, -0.05) is 103 Å². The van der Waals surface area contributed by atoms with Gasteiger partial charge in [-0.25, -0.2) is 14.0 Å². The third-order valence-corrected chi connectivity index (χ3v) is 19.6. The Morgan fingerprint density at radius 3 is 2.00 bits per heavy atom. The third-order valence-electron chi connectivity index (χ3n) is 19.6. The normalized spacial score (nSPS) is 17.5. The van der Waals surface area contributed by atoms with E-state index in [2.05, 4.69) is 37.9 Å². The summed E-state index contributed by atoms with van der Waals surface area (Å²) < 4.78 is 121. The number of carbonyl (C=O) groups excluding carboxylic acids is 5. The maximum absolute atomic E-state index is 14.2. The van der Waals surface area contributed by atoms with Crippen LogP contribution in [0.25, 0.3) is 11.1 Å². The van der Waals surface area contributed by atoms with Gasteiger partial charge in [0.1, 0.15) is 30.9 Å². The average Bonchev–Trinajstić information content (AvgIpc) is 1.57. The van der Waals surface area contributed by atoms with Crippen molar-refractivity contribution in [2.24, 2.45) is 0 Å². The molecule has 3 aliphatic heterocycles. The minimum atomic E-state index is -5.15. The number of likely N-dealkylation sites (tertiary alicyclic amines) is 2. The van der Waals surface area contributed by atoms with Gasteiger partial charge < -0.3 is 48.8 Å². The number of para-hydroxylation sites is 1. The van der Waals surface area contributed by atoms with Gasteiger partial charge in [-0.3, -0.25) is 25.0 Å². The van der Waals surface area contributed by atoms with E-state index >= 15 is 0 Å². The second-order valence-corrected chi connectivity index (χ2v) is 26.2. The van der Waals surface area contributed by atoms with Crippen molar-refractivity contribution >= 4 is 78.5 Å². The standard InChI is InChI=1S/C75H87F7N8O9.3ClH/c1-86(36-13-14-44-96-70(94)84-61-28-22-53(23-29-61)49-83-35-12-4-7-21-67(91)87(2)42-43-88-37-30-62(31-38-88)99-71(95)85-65-20-11-9-18-63(65)54-15-5-3-6-16-54)68(92)50-97-66-47-55-17-8-10-19-64(55)72(66)32-39-89(40-33-72)41-34-73(57-24-26-60(76)27-25-57)51-90(52-98-73)69(93)56-45-58(74(77,78)79)48-59(46-56)75(80,81)82;;;/h3,5-6,8-11,15-20,22-29,45-46,48,62,66,83H,4,7,12-14,21,30-44,47,49-52H2,1-2H3,(H,84,94)(H,85,95);3*1H/t66-,73+;;;/m0.../s1. The molecule has 3 N–H and O–H groups in total. The van der Waals surface area contributed by atoms with E-state index in [0.717, 1.165) is 91.0 Å². The van der Waals surface area contributed by atoms with Gasteiger partial charge in [0, 0.05) is 88.6 Å². The molecule has 3 fully saturated rings. The van der Waals surface area contributed by atoms with Crippen LogP contribution in [0.2, 0.25) is 0 Å². The molecule has 27 heteroatoms. The molecule has 3 saturated heterocycles. The molecule has 0 bridgehead atoms. The highest BCUT2D eigenvalue weighted by Gasteiger charge is 2.50. The zero-order valence-corrected chi connectivity index (χ0v) is 59.6. The second kappa shape index (κ2) is 37.8. The lowest BCUT2D eigenvalue weighted by molar-refractivity contribution is -0.143. The van der Waals surface area contributed by atoms with E-state index < -0.39 is 70.7 Å². The number of nitrogens with zero attached hydrogens (tertiary/aromatic N) is 5. The van der Waals surface area contributed by atoms with Crippen LogP contribution in [0.15, 0.2) is 146 Å². The topological polar surface area (TPSA) is 175 Å². The number of hydrogen-bond donors (Lipinski definition) is 3. The van der Waals surface area contributed by atoms with E-state index in [1.807, 2.05) is 98.0 Å². The van der Waals surface area contributed by atoms with E-state index in [4.69, 9.17) is 18.9 Å². The lowest BCUT2D eigenvalue weighted by Crippen LogP contribution is -2.50. The van der Waals surface area contributed by atoms with Crippen LogP contribution < -0.4 is 16.0 Å². The van der Waals surface area contributed by atoms with Crippen LogP contribution in [0.3, 0.4) is 0 Å². The Morgan fingerprint density at radius 1 is 0.657 bits per heavy atom. The number of unbranched alkanes of at least 4 members (excludes halogenated alkanes) is 3. The number of rotatable bonds is 28. The monoisotopic (exact) mass is 1480 g/mol. The maximum Gasteiger partial charge on any atom is 0.416 e. The molecule has 554 valence electrons. The number of benzene rings is 6. The van der Waals surface area contributed by atoms with Crippen LogP contribution in [-0.2, 0) is 64.9 Å². The first-order valence-corrected chi connectivity index (χ1v) is 34.0. The summed E-state index contributed by atoms with van der Waals surface area (Å²) in [5, 5.41) is 9.15. The number of anilines is 2. The molecule has 5 amide bonds. The largest absolute Gasteiger partial charge is 0.449 e. The summed E-state index contributed by atoms with van der Waals surface area (Å²) in [5.74, 6) is -1.67. The Kier molecular flexibility index (Phi) is 30.3. The number of fused-ring (bicyclic) bond motifs is 2. The van der Waals surface area contributed by atoms with Gasteiger partial charge in [-0.15, -0.1) is 37.2 Å². The van der Waals surface area contributed by atoms with Crippen LogP contribution in [0.1, 0.15) is 114 Å². The SMILES string of the molecule is CN(CCN1CCC(OC(=O)Nc2ccccc2-c2ccccc2)CC1)C(=O)CCCCCNCc1ccc(NC(=O)OCCCCN(C)C(=O)CO[C@H]2Cc3ccccc3C23CCN(CC[C@]2(c4ccc(F)cc4)CN(C(=O)c4cc(C(F)(F)F)cc(C(F)(F)F)c4)CO2)CC3)cc1.Cl.Cl.Cl. The van der Waals surface area contributed by atoms with Crippen molar-refractivity contribution in [3.05, 3.63) is 190 Å². The smallest absolute Gasteiger partial charge is 0.416 e. The van der Waals surface area contributed by atoms with Gasteiger partial charge in [0.2, 0.25) is 11.8 Å². The average molecular weight is 1490 g/mol. The van der Waals surface area contributed by atoms with Gasteiger partial charge in [0.15, 0.2) is 0 Å². The number of ether oxygens (including phenoxy) is 4. The van der Waals surface area contributed by atoms with E-state index in [-0.39, 0.29) is 93.5 Å². The molecule has 6 aromatic rings. The van der Waals surface area contributed by atoms with Crippen LogP contribution in [0.4, 0.5) is 51.7 Å². The molecule has 17 nitrogen and oxygen atoms in total. The summed E-state index contributed by atoms with van der Waals surface area (Å²) in [4.78, 5) is 74.7. The number of hydrogen-bond acceptors (Lipinski definition) is 12. The first kappa shape index (κ1) is 81.7. The number of nitrogens with one attached hydrogen (secondary N) is 3. The van der Waals surface area contributed by atoms with Gasteiger partial charge in [-0.05, 0) is 160 Å². The highest BCUT2D eigenvalue weighted by atomic mass is 35.5. The number of carbonyl (C=O) groups is 5. The van der Waals surface area contributed by atoms with E-state index in [1.165, 1.54) is 24.3 Å². The highest BCUT2D eigenvalue weighted by molar-refractivity contribution is 5.95. The molecular formula is C75H90Cl3F7N8O9. The Hall–Kier alpha value is -7.55. The number of halogens is 10. The first-order chi connectivity index (χ1) is 47.5. The van der Waals surface area contributed by atoms with Crippen LogP contribution in [-0.4, -0.2) is 166 Å².